The molecule has 0 aliphatic rings. The lowest BCUT2D eigenvalue weighted by Gasteiger charge is -2.21. The molecule has 0 aliphatic heterocycles. The average molecular weight is 429 g/mol. The highest BCUT2D eigenvalue weighted by atomic mass is 32.2. The molecule has 0 saturated carbocycles. The fourth-order valence-electron chi connectivity index (χ4n) is 2.76. The second-order valence-electron chi connectivity index (χ2n) is 6.74. The van der Waals surface area contributed by atoms with Crippen molar-refractivity contribution < 1.29 is 18.0 Å². The Morgan fingerprint density at radius 2 is 1.80 bits per heavy atom. The molecular weight excluding hydrogens is 404 g/mol. The molecule has 30 heavy (non-hydrogen) atoms. The van der Waals surface area contributed by atoms with Crippen molar-refractivity contribution in [3.63, 3.8) is 0 Å². The van der Waals surface area contributed by atoms with Gasteiger partial charge in [0, 0.05) is 30.8 Å². The summed E-state index contributed by atoms with van der Waals surface area (Å²) in [6, 6.07) is 15.9. The molecule has 2 aromatic rings. The van der Waals surface area contributed by atoms with E-state index in [-0.39, 0.29) is 37.6 Å². The Bertz CT molecular complexity index is 1050. The molecule has 0 heterocycles. The van der Waals surface area contributed by atoms with Crippen molar-refractivity contribution in [3.8, 4) is 6.07 Å². The van der Waals surface area contributed by atoms with Gasteiger partial charge in [-0.25, -0.2) is 8.42 Å². The monoisotopic (exact) mass is 428 g/mol. The first-order chi connectivity index (χ1) is 14.2. The molecule has 0 unspecified atom stereocenters. The van der Waals surface area contributed by atoms with Crippen LogP contribution in [0, 0.1) is 18.3 Å². The van der Waals surface area contributed by atoms with Gasteiger partial charge in [0.1, 0.15) is 0 Å². The minimum atomic E-state index is -3.45. The highest BCUT2D eigenvalue weighted by Gasteiger charge is 2.17. The first kappa shape index (κ1) is 22.9. The summed E-state index contributed by atoms with van der Waals surface area (Å²) in [5.41, 5.74) is 2.18. The van der Waals surface area contributed by atoms with Crippen LogP contribution in [0.2, 0.25) is 0 Å². The molecule has 9 heteroatoms. The van der Waals surface area contributed by atoms with Crippen LogP contribution < -0.4 is 14.9 Å². The van der Waals surface area contributed by atoms with Crippen LogP contribution in [0.3, 0.4) is 0 Å². The lowest BCUT2D eigenvalue weighted by atomic mass is 10.1. The Hall–Kier alpha value is -3.38. The Labute approximate surface area is 176 Å². The van der Waals surface area contributed by atoms with E-state index in [1.807, 2.05) is 12.1 Å². The molecule has 0 fully saturated rings. The number of nitrogens with one attached hydrogen (secondary N) is 2. The summed E-state index contributed by atoms with van der Waals surface area (Å²) in [4.78, 5) is 26.4. The number of nitriles is 1. The molecule has 0 bridgehead atoms. The largest absolute Gasteiger partial charge is 0.326 e. The standard InChI is InChI=1S/C21H24N4O4S/c1-16-9-10-17(15-19(16)24-30(2,28)29)23-20(26)11-12-21(27)25(14-6-13-22)18-7-4-3-5-8-18/h3-5,7-10,15,24H,6,11-12,14H2,1-2H3,(H,23,26). The van der Waals surface area contributed by atoms with Gasteiger partial charge in [0.2, 0.25) is 21.8 Å². The number of hydrogen-bond donors (Lipinski definition) is 2. The van der Waals surface area contributed by atoms with Crippen LogP contribution in [0.4, 0.5) is 17.1 Å². The number of nitrogens with zero attached hydrogens (tertiary/aromatic N) is 2. The predicted octanol–water partition coefficient (Wildman–Crippen LogP) is 3.03. The Morgan fingerprint density at radius 3 is 2.43 bits per heavy atom. The van der Waals surface area contributed by atoms with Gasteiger partial charge in [-0.1, -0.05) is 24.3 Å². The smallest absolute Gasteiger partial charge is 0.229 e. The lowest BCUT2D eigenvalue weighted by Crippen LogP contribution is -2.32. The van der Waals surface area contributed by atoms with Crippen LogP contribution in [0.1, 0.15) is 24.8 Å². The summed E-state index contributed by atoms with van der Waals surface area (Å²) in [6.07, 6.45) is 1.17. The number of para-hydroxylation sites is 1. The molecule has 2 N–H and O–H groups in total. The maximum Gasteiger partial charge on any atom is 0.229 e. The number of carbonyl (C=O) groups is 2. The Balaban J connectivity index is 2.00. The van der Waals surface area contributed by atoms with Crippen molar-refractivity contribution in [2.75, 3.05) is 27.7 Å². The molecule has 0 radical (unpaired) electrons. The van der Waals surface area contributed by atoms with Gasteiger partial charge in [-0.2, -0.15) is 5.26 Å². The number of amides is 2. The average Bonchev–Trinajstić information content (AvgIpc) is 2.69. The van der Waals surface area contributed by atoms with Crippen molar-refractivity contribution in [2.45, 2.75) is 26.2 Å². The van der Waals surface area contributed by atoms with E-state index in [1.54, 1.807) is 43.3 Å². The Morgan fingerprint density at radius 1 is 1.10 bits per heavy atom. The number of sulfonamides is 1. The summed E-state index contributed by atoms with van der Waals surface area (Å²) in [7, 11) is -3.45. The molecule has 2 aromatic carbocycles. The highest BCUT2D eigenvalue weighted by molar-refractivity contribution is 7.92. The topological polar surface area (TPSA) is 119 Å². The zero-order chi connectivity index (χ0) is 22.1. The minimum Gasteiger partial charge on any atom is -0.326 e. The number of carbonyl (C=O) groups excluding carboxylic acids is 2. The Kier molecular flexibility index (Phi) is 7.95. The maximum atomic E-state index is 12.6. The third-order valence-corrected chi connectivity index (χ3v) is 4.79. The van der Waals surface area contributed by atoms with Crippen molar-refractivity contribution in [2.24, 2.45) is 0 Å². The normalized spacial score (nSPS) is 10.7. The summed E-state index contributed by atoms with van der Waals surface area (Å²) >= 11 is 0. The van der Waals surface area contributed by atoms with Crippen LogP contribution in [0.15, 0.2) is 48.5 Å². The molecule has 0 spiro atoms. The number of hydrogen-bond acceptors (Lipinski definition) is 5. The van der Waals surface area contributed by atoms with Crippen LogP contribution in [-0.4, -0.2) is 33.0 Å². The van der Waals surface area contributed by atoms with Crippen LogP contribution >= 0.6 is 0 Å². The van der Waals surface area contributed by atoms with E-state index >= 15 is 0 Å². The van der Waals surface area contributed by atoms with Crippen LogP contribution in [0.25, 0.3) is 0 Å². The van der Waals surface area contributed by atoms with E-state index in [0.717, 1.165) is 6.26 Å². The number of rotatable bonds is 9. The van der Waals surface area contributed by atoms with E-state index < -0.39 is 10.0 Å². The number of benzene rings is 2. The molecule has 158 valence electrons. The van der Waals surface area contributed by atoms with Gasteiger partial charge in [-0.3, -0.25) is 14.3 Å². The third-order valence-electron chi connectivity index (χ3n) is 4.20. The fourth-order valence-corrected chi connectivity index (χ4v) is 3.38. The van der Waals surface area contributed by atoms with Crippen molar-refractivity contribution in [1.29, 1.82) is 5.26 Å². The van der Waals surface area contributed by atoms with Crippen molar-refractivity contribution >= 4 is 38.9 Å². The maximum absolute atomic E-state index is 12.6. The molecule has 2 amide bonds. The van der Waals surface area contributed by atoms with E-state index in [9.17, 15) is 18.0 Å². The minimum absolute atomic E-state index is 0.0214. The summed E-state index contributed by atoms with van der Waals surface area (Å²) in [5, 5.41) is 11.5. The van der Waals surface area contributed by atoms with E-state index in [1.165, 1.54) is 11.0 Å². The van der Waals surface area contributed by atoms with Gasteiger partial charge in [0.25, 0.3) is 0 Å². The zero-order valence-electron chi connectivity index (χ0n) is 16.9. The van der Waals surface area contributed by atoms with Gasteiger partial charge < -0.3 is 10.2 Å². The molecule has 0 aromatic heterocycles. The van der Waals surface area contributed by atoms with Crippen molar-refractivity contribution in [3.05, 3.63) is 54.1 Å². The van der Waals surface area contributed by atoms with E-state index in [2.05, 4.69) is 10.0 Å². The molecule has 8 nitrogen and oxygen atoms in total. The zero-order valence-corrected chi connectivity index (χ0v) is 17.7. The van der Waals surface area contributed by atoms with Gasteiger partial charge in [0.15, 0.2) is 0 Å². The van der Waals surface area contributed by atoms with E-state index in [0.29, 0.717) is 22.6 Å². The molecule has 0 aliphatic carbocycles. The molecule has 2 rings (SSSR count). The third kappa shape index (κ3) is 7.22. The second kappa shape index (κ2) is 10.4. The number of aryl methyl sites for hydroxylation is 1. The lowest BCUT2D eigenvalue weighted by molar-refractivity contribution is -0.122. The predicted molar refractivity (Wildman–Crippen MR) is 117 cm³/mol. The van der Waals surface area contributed by atoms with Gasteiger partial charge in [-0.05, 0) is 36.8 Å². The fraction of sp³-hybridized carbons (Fsp3) is 0.286. The van der Waals surface area contributed by atoms with Crippen LogP contribution in [-0.2, 0) is 19.6 Å². The summed E-state index contributed by atoms with van der Waals surface area (Å²) < 4.78 is 25.3. The van der Waals surface area contributed by atoms with Crippen LogP contribution in [0.5, 0.6) is 0 Å². The summed E-state index contributed by atoms with van der Waals surface area (Å²) in [5.74, 6) is -0.624. The first-order valence-corrected chi connectivity index (χ1v) is 11.2. The molecule has 0 saturated heterocycles. The number of anilines is 3. The van der Waals surface area contributed by atoms with Gasteiger partial charge in [0.05, 0.1) is 24.4 Å². The molecular formula is C21H24N4O4S. The van der Waals surface area contributed by atoms with Crippen molar-refractivity contribution in [1.82, 2.24) is 0 Å². The van der Waals surface area contributed by atoms with E-state index in [4.69, 9.17) is 5.26 Å². The summed E-state index contributed by atoms with van der Waals surface area (Å²) in [6.45, 7) is 2.00. The first-order valence-electron chi connectivity index (χ1n) is 9.30. The van der Waals surface area contributed by atoms with Gasteiger partial charge in [-0.15, -0.1) is 0 Å². The van der Waals surface area contributed by atoms with Gasteiger partial charge >= 0.3 is 0 Å². The SMILES string of the molecule is Cc1ccc(NC(=O)CCC(=O)N(CCC#N)c2ccccc2)cc1NS(C)(=O)=O. The second-order valence-corrected chi connectivity index (χ2v) is 8.49. The quantitative estimate of drug-likeness (QED) is 0.636. The molecule has 0 atom stereocenters. The highest BCUT2D eigenvalue weighted by Crippen LogP contribution is 2.22.